The van der Waals surface area contributed by atoms with Crippen molar-refractivity contribution >= 4 is 41.8 Å². The van der Waals surface area contributed by atoms with Crippen molar-refractivity contribution in [2.75, 3.05) is 80.2 Å². The van der Waals surface area contributed by atoms with Crippen molar-refractivity contribution in [3.8, 4) is 0 Å². The Bertz CT molecular complexity index is 766. The number of hydrogen-bond acceptors (Lipinski definition) is 5. The van der Waals surface area contributed by atoms with Crippen LogP contribution in [-0.4, -0.2) is 113 Å². The van der Waals surface area contributed by atoms with Crippen LogP contribution < -0.4 is 10.6 Å². The largest absolute Gasteiger partial charge is 0.383 e. The van der Waals surface area contributed by atoms with Gasteiger partial charge in [0.15, 0.2) is 5.96 Å². The molecule has 0 aliphatic carbocycles. The molecule has 2 N–H and O–H groups in total. The van der Waals surface area contributed by atoms with E-state index in [0.717, 1.165) is 50.7 Å². The molecule has 0 radical (unpaired) electrons. The number of carbonyl (C=O) groups is 2. The van der Waals surface area contributed by atoms with Gasteiger partial charge in [0.2, 0.25) is 5.91 Å². The quantitative estimate of drug-likeness (QED) is 0.187. The van der Waals surface area contributed by atoms with Crippen molar-refractivity contribution in [1.82, 2.24) is 25.3 Å². The van der Waals surface area contributed by atoms with Gasteiger partial charge in [-0.15, -0.1) is 24.0 Å². The number of hydrogen-bond donors (Lipinski definition) is 2. The average molecular weight is 575 g/mol. The highest BCUT2D eigenvalue weighted by Gasteiger charge is 2.21. The van der Waals surface area contributed by atoms with E-state index in [-0.39, 0.29) is 35.8 Å². The highest BCUT2D eigenvalue weighted by molar-refractivity contribution is 14.0. The second-order valence-electron chi connectivity index (χ2n) is 7.99. The topological polar surface area (TPSA) is 89.5 Å². The van der Waals surface area contributed by atoms with E-state index in [1.54, 1.807) is 26.1 Å². The smallest absolute Gasteiger partial charge is 0.253 e. The standard InChI is InChI=1S/C23H38N6O3.HI/c1-5-24-23(26-10-9-19-7-6-8-20(17-19)22(31)27(2)3)29-14-12-28(13-15-29)18-21(30)25-11-16-32-4;/h6-8,17H,5,9-16,18H2,1-4H3,(H,24,26)(H,25,30);1H. The summed E-state index contributed by atoms with van der Waals surface area (Å²) < 4.78 is 4.96. The molecular formula is C23H39IN6O3. The molecule has 2 amide bonds. The molecule has 0 spiro atoms. The lowest BCUT2D eigenvalue weighted by Gasteiger charge is -2.36. The predicted octanol–water partition coefficient (Wildman–Crippen LogP) is 0.895. The number of methoxy groups -OCH3 is 1. The van der Waals surface area contributed by atoms with Crippen molar-refractivity contribution in [3.05, 3.63) is 35.4 Å². The van der Waals surface area contributed by atoms with Crippen LogP contribution >= 0.6 is 24.0 Å². The first-order valence-electron chi connectivity index (χ1n) is 11.3. The highest BCUT2D eigenvalue weighted by Crippen LogP contribution is 2.09. The maximum atomic E-state index is 12.2. The first kappa shape index (κ1) is 29.1. The molecule has 0 unspecified atom stereocenters. The molecule has 186 valence electrons. The van der Waals surface area contributed by atoms with Gasteiger partial charge in [-0.25, -0.2) is 0 Å². The summed E-state index contributed by atoms with van der Waals surface area (Å²) in [5.41, 5.74) is 1.80. The fourth-order valence-corrected chi connectivity index (χ4v) is 3.50. The first-order valence-corrected chi connectivity index (χ1v) is 11.3. The van der Waals surface area contributed by atoms with Gasteiger partial charge in [-0.3, -0.25) is 19.5 Å². The summed E-state index contributed by atoms with van der Waals surface area (Å²) in [4.78, 5) is 35.0. The lowest BCUT2D eigenvalue weighted by atomic mass is 10.1. The van der Waals surface area contributed by atoms with Crippen molar-refractivity contribution in [2.45, 2.75) is 13.3 Å². The predicted molar refractivity (Wildman–Crippen MR) is 142 cm³/mol. The molecule has 1 aromatic rings. The van der Waals surface area contributed by atoms with Crippen LogP contribution in [0.1, 0.15) is 22.8 Å². The number of piperazine rings is 1. The minimum atomic E-state index is 0. The normalized spacial score (nSPS) is 14.4. The molecule has 0 atom stereocenters. The summed E-state index contributed by atoms with van der Waals surface area (Å²) in [7, 11) is 5.14. The van der Waals surface area contributed by atoms with E-state index >= 15 is 0 Å². The molecular weight excluding hydrogens is 535 g/mol. The van der Waals surface area contributed by atoms with E-state index in [4.69, 9.17) is 9.73 Å². The Kier molecular flexibility index (Phi) is 14.0. The number of aliphatic imine (C=N–C) groups is 1. The summed E-state index contributed by atoms with van der Waals surface area (Å²) >= 11 is 0. The average Bonchev–Trinajstić information content (AvgIpc) is 2.79. The Hall–Kier alpha value is -1.92. The van der Waals surface area contributed by atoms with Gasteiger partial charge in [0.05, 0.1) is 13.2 Å². The Morgan fingerprint density at radius 2 is 1.88 bits per heavy atom. The lowest BCUT2D eigenvalue weighted by Crippen LogP contribution is -2.54. The fourth-order valence-electron chi connectivity index (χ4n) is 3.50. The van der Waals surface area contributed by atoms with Gasteiger partial charge in [0.1, 0.15) is 0 Å². The third kappa shape index (κ3) is 10.3. The van der Waals surface area contributed by atoms with E-state index < -0.39 is 0 Å². The van der Waals surface area contributed by atoms with Gasteiger partial charge in [-0.2, -0.15) is 0 Å². The molecule has 1 fully saturated rings. The summed E-state index contributed by atoms with van der Waals surface area (Å²) in [6.07, 6.45) is 0.769. The number of amides is 2. The number of halogens is 1. The molecule has 2 rings (SSSR count). The molecule has 0 saturated carbocycles. The molecule has 1 saturated heterocycles. The van der Waals surface area contributed by atoms with Crippen LogP contribution in [-0.2, 0) is 16.0 Å². The van der Waals surface area contributed by atoms with Crippen LogP contribution in [0.15, 0.2) is 29.3 Å². The molecule has 10 heteroatoms. The van der Waals surface area contributed by atoms with E-state index in [1.165, 1.54) is 0 Å². The molecule has 1 aromatic carbocycles. The number of nitrogens with zero attached hydrogens (tertiary/aromatic N) is 4. The Morgan fingerprint density at radius 1 is 1.15 bits per heavy atom. The van der Waals surface area contributed by atoms with Crippen molar-refractivity contribution < 1.29 is 14.3 Å². The maximum Gasteiger partial charge on any atom is 0.253 e. The minimum Gasteiger partial charge on any atom is -0.383 e. The van der Waals surface area contributed by atoms with Gasteiger partial charge in [-0.05, 0) is 31.0 Å². The molecule has 0 aromatic heterocycles. The molecule has 9 nitrogen and oxygen atoms in total. The summed E-state index contributed by atoms with van der Waals surface area (Å²) in [6, 6.07) is 7.74. The van der Waals surface area contributed by atoms with Crippen LogP contribution in [0.5, 0.6) is 0 Å². The van der Waals surface area contributed by atoms with E-state index in [0.29, 0.717) is 31.8 Å². The molecule has 1 heterocycles. The Balaban J connectivity index is 0.00000544. The number of nitrogens with one attached hydrogen (secondary N) is 2. The molecule has 1 aliphatic heterocycles. The van der Waals surface area contributed by atoms with E-state index in [2.05, 4.69) is 27.4 Å². The van der Waals surface area contributed by atoms with E-state index in [9.17, 15) is 9.59 Å². The van der Waals surface area contributed by atoms with Crippen molar-refractivity contribution in [3.63, 3.8) is 0 Å². The number of guanidine groups is 1. The third-order valence-electron chi connectivity index (χ3n) is 5.24. The van der Waals surface area contributed by atoms with Crippen LogP contribution in [0, 0.1) is 0 Å². The van der Waals surface area contributed by atoms with Crippen molar-refractivity contribution in [2.24, 2.45) is 4.99 Å². The third-order valence-corrected chi connectivity index (χ3v) is 5.24. The van der Waals surface area contributed by atoms with Crippen molar-refractivity contribution in [1.29, 1.82) is 0 Å². The fraction of sp³-hybridized carbons (Fsp3) is 0.609. The number of benzene rings is 1. The SMILES string of the molecule is CCNC(=NCCc1cccc(C(=O)N(C)C)c1)N1CCN(CC(=O)NCCOC)CC1.I. The molecule has 0 bridgehead atoms. The van der Waals surface area contributed by atoms with Gasteiger partial charge < -0.3 is 25.2 Å². The molecule has 1 aliphatic rings. The second kappa shape index (κ2) is 15.8. The number of carbonyl (C=O) groups excluding carboxylic acids is 2. The highest BCUT2D eigenvalue weighted by atomic mass is 127. The van der Waals surface area contributed by atoms with Gasteiger partial charge >= 0.3 is 0 Å². The Labute approximate surface area is 214 Å². The molecule has 33 heavy (non-hydrogen) atoms. The van der Waals surface area contributed by atoms with Gasteiger partial charge in [-0.1, -0.05) is 12.1 Å². The minimum absolute atomic E-state index is 0. The zero-order chi connectivity index (χ0) is 23.3. The summed E-state index contributed by atoms with van der Waals surface area (Å²) in [5, 5.41) is 6.24. The summed E-state index contributed by atoms with van der Waals surface area (Å²) in [5.74, 6) is 0.942. The first-order chi connectivity index (χ1) is 15.4. The van der Waals surface area contributed by atoms with Gasteiger partial charge in [0, 0.05) is 72.6 Å². The number of ether oxygens (including phenoxy) is 1. The second-order valence-corrected chi connectivity index (χ2v) is 7.99. The zero-order valence-corrected chi connectivity index (χ0v) is 22.6. The zero-order valence-electron chi connectivity index (χ0n) is 20.3. The van der Waals surface area contributed by atoms with Crippen LogP contribution in [0.4, 0.5) is 0 Å². The van der Waals surface area contributed by atoms with Crippen LogP contribution in [0.25, 0.3) is 0 Å². The van der Waals surface area contributed by atoms with Crippen LogP contribution in [0.2, 0.25) is 0 Å². The van der Waals surface area contributed by atoms with Gasteiger partial charge in [0.25, 0.3) is 5.91 Å². The number of rotatable bonds is 10. The Morgan fingerprint density at radius 3 is 2.52 bits per heavy atom. The van der Waals surface area contributed by atoms with Crippen LogP contribution in [0.3, 0.4) is 0 Å². The van der Waals surface area contributed by atoms with E-state index in [1.807, 2.05) is 24.3 Å². The lowest BCUT2D eigenvalue weighted by molar-refractivity contribution is -0.122. The maximum absolute atomic E-state index is 12.2. The monoisotopic (exact) mass is 574 g/mol. The summed E-state index contributed by atoms with van der Waals surface area (Å²) in [6.45, 7) is 8.26.